The third-order valence-corrected chi connectivity index (χ3v) is 6.04. The van der Waals surface area contributed by atoms with Crippen LogP contribution in [-0.2, 0) is 4.84 Å². The van der Waals surface area contributed by atoms with Crippen LogP contribution in [0.1, 0.15) is 55.4 Å². The SMILES string of the molecule is Cc1cc(C(=O)N2CCC(COc3c(F)cc(-c4ccc(/C=N/OC(C)(C)C)cc4F)cc3F)CC2)no1. The molecule has 0 unspecified atom stereocenters. The van der Waals surface area contributed by atoms with E-state index in [0.29, 0.717) is 37.3 Å². The van der Waals surface area contributed by atoms with Crippen molar-refractivity contribution in [3.05, 3.63) is 70.9 Å². The molecule has 1 fully saturated rings. The van der Waals surface area contributed by atoms with Gasteiger partial charge in [0.25, 0.3) is 5.91 Å². The first kappa shape index (κ1) is 27.2. The van der Waals surface area contributed by atoms with Crippen molar-refractivity contribution in [2.45, 2.75) is 46.1 Å². The van der Waals surface area contributed by atoms with Crippen LogP contribution in [0.15, 0.2) is 46.1 Å². The van der Waals surface area contributed by atoms with E-state index in [-0.39, 0.29) is 35.3 Å². The summed E-state index contributed by atoms with van der Waals surface area (Å²) < 4.78 is 54.8. The number of piperidine rings is 1. The van der Waals surface area contributed by atoms with E-state index in [4.69, 9.17) is 14.1 Å². The number of oxime groups is 1. The fraction of sp³-hybridized carbons (Fsp3) is 0.393. The number of halogens is 3. The van der Waals surface area contributed by atoms with Gasteiger partial charge in [0.1, 0.15) is 17.2 Å². The first-order valence-electron chi connectivity index (χ1n) is 12.4. The number of amides is 1. The molecule has 1 aliphatic heterocycles. The van der Waals surface area contributed by atoms with Crippen LogP contribution in [-0.4, -0.2) is 47.5 Å². The van der Waals surface area contributed by atoms with E-state index in [2.05, 4.69) is 10.3 Å². The summed E-state index contributed by atoms with van der Waals surface area (Å²) in [7, 11) is 0. The number of carbonyl (C=O) groups is 1. The molecule has 10 heteroatoms. The highest BCUT2D eigenvalue weighted by molar-refractivity contribution is 5.92. The molecule has 202 valence electrons. The minimum absolute atomic E-state index is 0.0190. The van der Waals surface area contributed by atoms with E-state index in [1.807, 2.05) is 20.8 Å². The first-order valence-corrected chi connectivity index (χ1v) is 12.4. The second-order valence-electron chi connectivity index (χ2n) is 10.3. The normalized spacial score (nSPS) is 14.8. The third kappa shape index (κ3) is 6.73. The number of aryl methyl sites for hydroxylation is 1. The number of likely N-dealkylation sites (tertiary alicyclic amines) is 1. The average Bonchev–Trinajstić information content (AvgIpc) is 3.29. The van der Waals surface area contributed by atoms with E-state index >= 15 is 0 Å². The van der Waals surface area contributed by atoms with Gasteiger partial charge in [-0.2, -0.15) is 0 Å². The lowest BCUT2D eigenvalue weighted by Crippen LogP contribution is -2.39. The monoisotopic (exact) mass is 529 g/mol. The van der Waals surface area contributed by atoms with Crippen molar-refractivity contribution in [1.82, 2.24) is 10.1 Å². The van der Waals surface area contributed by atoms with E-state index in [9.17, 15) is 18.0 Å². The number of nitrogens with zero attached hydrogens (tertiary/aromatic N) is 3. The summed E-state index contributed by atoms with van der Waals surface area (Å²) in [5.41, 5.74) is 0.314. The molecule has 0 spiro atoms. The van der Waals surface area contributed by atoms with Crippen LogP contribution in [0, 0.1) is 30.3 Å². The summed E-state index contributed by atoms with van der Waals surface area (Å²) in [5.74, 6) is -2.63. The summed E-state index contributed by atoms with van der Waals surface area (Å²) in [4.78, 5) is 19.4. The number of ether oxygens (including phenoxy) is 1. The van der Waals surface area contributed by atoms with Crippen LogP contribution in [0.4, 0.5) is 13.2 Å². The average molecular weight is 530 g/mol. The highest BCUT2D eigenvalue weighted by Crippen LogP contribution is 2.31. The van der Waals surface area contributed by atoms with Crippen LogP contribution in [0.3, 0.4) is 0 Å². The van der Waals surface area contributed by atoms with Crippen molar-refractivity contribution >= 4 is 12.1 Å². The molecule has 3 aromatic rings. The Balaban J connectivity index is 1.36. The summed E-state index contributed by atoms with van der Waals surface area (Å²) in [6.45, 7) is 8.26. The molecular formula is C28H30F3N3O4. The van der Waals surface area contributed by atoms with Gasteiger partial charge < -0.3 is 19.0 Å². The Kier molecular flexibility index (Phi) is 8.08. The number of rotatable bonds is 7. The Morgan fingerprint density at radius 2 is 1.79 bits per heavy atom. The van der Waals surface area contributed by atoms with Crippen molar-refractivity contribution in [1.29, 1.82) is 0 Å². The summed E-state index contributed by atoms with van der Waals surface area (Å²) >= 11 is 0. The number of aromatic nitrogens is 1. The second-order valence-corrected chi connectivity index (χ2v) is 10.3. The van der Waals surface area contributed by atoms with Gasteiger partial charge in [0.05, 0.1) is 12.8 Å². The standard InChI is InChI=1S/C28H30F3N3O4/c1-17-11-25(33-37-17)27(35)34-9-7-18(8-10-34)16-36-26-23(30)13-20(14-24(26)31)21-6-5-19(12-22(21)29)15-32-38-28(2,3)4/h5-6,11-15,18H,7-10,16H2,1-4H3/b32-15+. The maximum Gasteiger partial charge on any atom is 0.276 e. The van der Waals surface area contributed by atoms with Gasteiger partial charge in [0.2, 0.25) is 0 Å². The molecular weight excluding hydrogens is 499 g/mol. The minimum Gasteiger partial charge on any atom is -0.487 e. The zero-order valence-corrected chi connectivity index (χ0v) is 21.8. The van der Waals surface area contributed by atoms with Gasteiger partial charge in [-0.25, -0.2) is 13.2 Å². The maximum atomic E-state index is 14.8. The Morgan fingerprint density at radius 3 is 2.37 bits per heavy atom. The quantitative estimate of drug-likeness (QED) is 0.271. The molecule has 38 heavy (non-hydrogen) atoms. The lowest BCUT2D eigenvalue weighted by atomic mass is 9.97. The fourth-order valence-electron chi connectivity index (χ4n) is 4.08. The fourth-order valence-corrected chi connectivity index (χ4v) is 4.08. The molecule has 0 N–H and O–H groups in total. The third-order valence-electron chi connectivity index (χ3n) is 6.04. The first-order chi connectivity index (χ1) is 18.0. The summed E-state index contributed by atoms with van der Waals surface area (Å²) in [6, 6.07) is 7.91. The highest BCUT2D eigenvalue weighted by Gasteiger charge is 2.26. The second kappa shape index (κ2) is 11.3. The lowest BCUT2D eigenvalue weighted by Gasteiger charge is -2.31. The molecule has 0 saturated carbocycles. The van der Waals surface area contributed by atoms with Crippen molar-refractivity contribution < 1.29 is 32.1 Å². The van der Waals surface area contributed by atoms with Crippen molar-refractivity contribution in [3.8, 4) is 16.9 Å². The Hall–Kier alpha value is -3.82. The van der Waals surface area contributed by atoms with Crippen LogP contribution in [0.2, 0.25) is 0 Å². The largest absolute Gasteiger partial charge is 0.487 e. The molecule has 2 aromatic carbocycles. The molecule has 7 nitrogen and oxygen atoms in total. The van der Waals surface area contributed by atoms with Gasteiger partial charge in [-0.15, -0.1) is 0 Å². The zero-order valence-electron chi connectivity index (χ0n) is 21.8. The van der Waals surface area contributed by atoms with Crippen molar-refractivity contribution in [2.24, 2.45) is 11.1 Å². The highest BCUT2D eigenvalue weighted by atomic mass is 19.1. The van der Waals surface area contributed by atoms with Crippen LogP contribution < -0.4 is 4.74 Å². The van der Waals surface area contributed by atoms with E-state index in [1.165, 1.54) is 18.3 Å². The Labute approximate surface area is 219 Å². The van der Waals surface area contributed by atoms with Gasteiger partial charge in [0.15, 0.2) is 23.1 Å². The van der Waals surface area contributed by atoms with Crippen LogP contribution in [0.5, 0.6) is 5.75 Å². The molecule has 0 radical (unpaired) electrons. The van der Waals surface area contributed by atoms with Gasteiger partial charge >= 0.3 is 0 Å². The summed E-state index contributed by atoms with van der Waals surface area (Å²) in [6.07, 6.45) is 2.60. The van der Waals surface area contributed by atoms with Gasteiger partial charge in [0, 0.05) is 24.7 Å². The molecule has 0 aliphatic carbocycles. The van der Waals surface area contributed by atoms with Gasteiger partial charge in [-0.05, 0) is 75.8 Å². The predicted octanol–water partition coefficient (Wildman–Crippen LogP) is 6.15. The number of hydrogen-bond acceptors (Lipinski definition) is 6. The zero-order chi connectivity index (χ0) is 27.4. The molecule has 1 saturated heterocycles. The Morgan fingerprint density at radius 1 is 1.11 bits per heavy atom. The Bertz CT molecular complexity index is 1300. The van der Waals surface area contributed by atoms with E-state index in [1.54, 1.807) is 24.0 Å². The summed E-state index contributed by atoms with van der Waals surface area (Å²) in [5, 5.41) is 7.58. The van der Waals surface area contributed by atoms with E-state index < -0.39 is 28.8 Å². The molecule has 1 aromatic heterocycles. The number of hydrogen-bond donors (Lipinski definition) is 0. The van der Waals surface area contributed by atoms with Crippen molar-refractivity contribution in [3.63, 3.8) is 0 Å². The van der Waals surface area contributed by atoms with Crippen LogP contribution in [0.25, 0.3) is 11.1 Å². The molecule has 0 bridgehead atoms. The molecule has 1 amide bonds. The van der Waals surface area contributed by atoms with Gasteiger partial charge in [-0.3, -0.25) is 4.79 Å². The van der Waals surface area contributed by atoms with E-state index in [0.717, 1.165) is 12.1 Å². The molecule has 0 atom stereocenters. The van der Waals surface area contributed by atoms with Gasteiger partial charge in [-0.1, -0.05) is 22.4 Å². The molecule has 1 aliphatic rings. The van der Waals surface area contributed by atoms with Crippen LogP contribution >= 0.6 is 0 Å². The molecule has 4 rings (SSSR count). The molecule has 2 heterocycles. The number of carbonyl (C=O) groups excluding carboxylic acids is 1. The smallest absolute Gasteiger partial charge is 0.276 e. The topological polar surface area (TPSA) is 77.2 Å². The minimum atomic E-state index is -0.919. The predicted molar refractivity (Wildman–Crippen MR) is 136 cm³/mol. The van der Waals surface area contributed by atoms with Crippen molar-refractivity contribution in [2.75, 3.05) is 19.7 Å². The number of benzene rings is 2. The maximum absolute atomic E-state index is 14.8. The lowest BCUT2D eigenvalue weighted by molar-refractivity contribution is 0.00199.